The summed E-state index contributed by atoms with van der Waals surface area (Å²) in [6.45, 7) is 1.35. The van der Waals surface area contributed by atoms with Crippen LogP contribution >= 0.6 is 0 Å². The summed E-state index contributed by atoms with van der Waals surface area (Å²) < 4.78 is 5.25. The van der Waals surface area contributed by atoms with Crippen molar-refractivity contribution in [2.24, 2.45) is 0 Å². The highest BCUT2D eigenvalue weighted by molar-refractivity contribution is 5.66. The number of hydrogen-bond acceptors (Lipinski definition) is 3. The first-order valence-corrected chi connectivity index (χ1v) is 6.11. The number of hydrogen-bond donors (Lipinski definition) is 1. The van der Waals surface area contributed by atoms with E-state index in [-0.39, 0.29) is 12.5 Å². The van der Waals surface area contributed by atoms with Gasteiger partial charge in [0.15, 0.2) is 0 Å². The van der Waals surface area contributed by atoms with Crippen LogP contribution in [-0.2, 0) is 9.53 Å². The van der Waals surface area contributed by atoms with Crippen LogP contribution in [0.1, 0.15) is 24.4 Å². The molecule has 1 atom stereocenters. The molecule has 0 aliphatic heterocycles. The van der Waals surface area contributed by atoms with E-state index in [0.717, 1.165) is 6.54 Å². The molecular formula is C14H21NO3. The van der Waals surface area contributed by atoms with Gasteiger partial charge in [0.05, 0.1) is 12.6 Å². The van der Waals surface area contributed by atoms with E-state index < -0.39 is 5.97 Å². The van der Waals surface area contributed by atoms with Crippen LogP contribution in [0.3, 0.4) is 0 Å². The monoisotopic (exact) mass is 251 g/mol. The molecule has 1 aromatic rings. The number of ether oxygens (including phenoxy) is 1. The highest BCUT2D eigenvalue weighted by Gasteiger charge is 2.16. The lowest BCUT2D eigenvalue weighted by Gasteiger charge is -2.27. The van der Waals surface area contributed by atoms with Crippen LogP contribution in [-0.4, -0.2) is 43.3 Å². The Hall–Kier alpha value is -1.39. The Morgan fingerprint density at radius 2 is 2.06 bits per heavy atom. The van der Waals surface area contributed by atoms with E-state index >= 15 is 0 Å². The molecule has 0 saturated heterocycles. The Labute approximate surface area is 108 Å². The molecule has 0 heterocycles. The van der Waals surface area contributed by atoms with E-state index in [1.54, 1.807) is 7.11 Å². The zero-order chi connectivity index (χ0) is 13.4. The molecule has 0 radical (unpaired) electrons. The van der Waals surface area contributed by atoms with E-state index in [4.69, 9.17) is 9.84 Å². The van der Waals surface area contributed by atoms with Gasteiger partial charge in [-0.1, -0.05) is 30.3 Å². The molecule has 4 heteroatoms. The van der Waals surface area contributed by atoms with Crippen molar-refractivity contribution in [2.75, 3.05) is 27.3 Å². The van der Waals surface area contributed by atoms with Crippen molar-refractivity contribution >= 4 is 5.97 Å². The van der Waals surface area contributed by atoms with Crippen molar-refractivity contribution < 1.29 is 14.6 Å². The van der Waals surface area contributed by atoms with Gasteiger partial charge in [0, 0.05) is 13.5 Å². The fourth-order valence-electron chi connectivity index (χ4n) is 1.95. The molecule has 0 amide bonds. The molecule has 0 aliphatic carbocycles. The standard InChI is InChI=1S/C14H21NO3/c1-15(10-6-9-14(16)17)13(11-18-2)12-7-4-3-5-8-12/h3-5,7-8,13H,6,9-11H2,1-2H3,(H,16,17). The molecule has 1 unspecified atom stereocenters. The summed E-state index contributed by atoms with van der Waals surface area (Å²) in [5.41, 5.74) is 1.19. The third kappa shape index (κ3) is 4.85. The van der Waals surface area contributed by atoms with Crippen molar-refractivity contribution in [3.8, 4) is 0 Å². The summed E-state index contributed by atoms with van der Waals surface area (Å²) in [6, 6.07) is 10.3. The first kappa shape index (κ1) is 14.7. The number of carboxylic acid groups (broad SMARTS) is 1. The molecule has 1 N–H and O–H groups in total. The van der Waals surface area contributed by atoms with Gasteiger partial charge in [0.25, 0.3) is 0 Å². The second kappa shape index (κ2) is 7.84. The van der Waals surface area contributed by atoms with Crippen LogP contribution in [0.4, 0.5) is 0 Å². The minimum Gasteiger partial charge on any atom is -0.481 e. The van der Waals surface area contributed by atoms with Crippen LogP contribution in [0.2, 0.25) is 0 Å². The summed E-state index contributed by atoms with van der Waals surface area (Å²) >= 11 is 0. The Bertz CT molecular complexity index is 353. The van der Waals surface area contributed by atoms with Gasteiger partial charge < -0.3 is 9.84 Å². The Balaban J connectivity index is 2.58. The van der Waals surface area contributed by atoms with E-state index in [1.165, 1.54) is 5.56 Å². The molecule has 0 saturated carbocycles. The highest BCUT2D eigenvalue weighted by Crippen LogP contribution is 2.19. The fourth-order valence-corrected chi connectivity index (χ4v) is 1.95. The average molecular weight is 251 g/mol. The summed E-state index contributed by atoms with van der Waals surface area (Å²) in [5.74, 6) is -0.744. The zero-order valence-corrected chi connectivity index (χ0v) is 11.0. The molecule has 0 aromatic heterocycles. The van der Waals surface area contributed by atoms with Crippen LogP contribution in [0.5, 0.6) is 0 Å². The molecule has 1 aromatic carbocycles. The van der Waals surface area contributed by atoms with Crippen molar-refractivity contribution in [2.45, 2.75) is 18.9 Å². The van der Waals surface area contributed by atoms with Crippen LogP contribution < -0.4 is 0 Å². The number of carboxylic acids is 1. The maximum Gasteiger partial charge on any atom is 0.303 e. The van der Waals surface area contributed by atoms with E-state index in [0.29, 0.717) is 13.0 Å². The van der Waals surface area contributed by atoms with Gasteiger partial charge in [0.1, 0.15) is 0 Å². The maximum atomic E-state index is 10.5. The molecule has 0 aliphatic rings. The van der Waals surface area contributed by atoms with E-state index in [9.17, 15) is 4.79 Å². The number of likely N-dealkylation sites (N-methyl/N-ethyl adjacent to an activating group) is 1. The topological polar surface area (TPSA) is 49.8 Å². The van der Waals surface area contributed by atoms with Gasteiger partial charge in [-0.3, -0.25) is 9.69 Å². The second-order valence-corrected chi connectivity index (χ2v) is 4.36. The first-order valence-electron chi connectivity index (χ1n) is 6.11. The zero-order valence-electron chi connectivity index (χ0n) is 11.0. The van der Waals surface area contributed by atoms with Crippen molar-refractivity contribution in [3.63, 3.8) is 0 Å². The second-order valence-electron chi connectivity index (χ2n) is 4.36. The lowest BCUT2D eigenvalue weighted by atomic mass is 10.1. The summed E-state index contributed by atoms with van der Waals surface area (Å²) in [7, 11) is 3.68. The largest absolute Gasteiger partial charge is 0.481 e. The minimum absolute atomic E-state index is 0.171. The fraction of sp³-hybridized carbons (Fsp3) is 0.500. The van der Waals surface area contributed by atoms with Crippen LogP contribution in [0.15, 0.2) is 30.3 Å². The van der Waals surface area contributed by atoms with Gasteiger partial charge in [-0.05, 0) is 25.6 Å². The van der Waals surface area contributed by atoms with Gasteiger partial charge in [-0.15, -0.1) is 0 Å². The Kier molecular flexibility index (Phi) is 6.39. The number of rotatable bonds is 8. The predicted molar refractivity (Wildman–Crippen MR) is 70.6 cm³/mol. The van der Waals surface area contributed by atoms with Gasteiger partial charge in [-0.25, -0.2) is 0 Å². The Morgan fingerprint density at radius 3 is 2.61 bits per heavy atom. The third-order valence-corrected chi connectivity index (χ3v) is 2.94. The van der Waals surface area contributed by atoms with E-state index in [2.05, 4.69) is 17.0 Å². The van der Waals surface area contributed by atoms with Crippen molar-refractivity contribution in [3.05, 3.63) is 35.9 Å². The van der Waals surface area contributed by atoms with Gasteiger partial charge in [0.2, 0.25) is 0 Å². The number of aliphatic carboxylic acids is 1. The van der Waals surface area contributed by atoms with E-state index in [1.807, 2.05) is 25.2 Å². The molecule has 0 spiro atoms. The maximum absolute atomic E-state index is 10.5. The summed E-state index contributed by atoms with van der Waals surface area (Å²) in [6.07, 6.45) is 0.859. The number of carbonyl (C=O) groups is 1. The lowest BCUT2D eigenvalue weighted by molar-refractivity contribution is -0.137. The number of methoxy groups -OCH3 is 1. The molecule has 100 valence electrons. The molecular weight excluding hydrogens is 230 g/mol. The SMILES string of the molecule is COCC(c1ccccc1)N(C)CCCC(=O)O. The quantitative estimate of drug-likeness (QED) is 0.769. The summed E-state index contributed by atoms with van der Waals surface area (Å²) in [5, 5.41) is 8.64. The average Bonchev–Trinajstić information content (AvgIpc) is 2.36. The smallest absolute Gasteiger partial charge is 0.303 e. The van der Waals surface area contributed by atoms with Crippen LogP contribution in [0.25, 0.3) is 0 Å². The molecule has 1 rings (SSSR count). The number of benzene rings is 1. The van der Waals surface area contributed by atoms with Gasteiger partial charge >= 0.3 is 5.97 Å². The minimum atomic E-state index is -0.744. The number of nitrogens with zero attached hydrogens (tertiary/aromatic N) is 1. The molecule has 4 nitrogen and oxygen atoms in total. The molecule has 18 heavy (non-hydrogen) atoms. The first-order chi connectivity index (χ1) is 8.65. The van der Waals surface area contributed by atoms with Crippen LogP contribution in [0, 0.1) is 0 Å². The molecule has 0 fully saturated rings. The van der Waals surface area contributed by atoms with Crippen molar-refractivity contribution in [1.29, 1.82) is 0 Å². The predicted octanol–water partition coefficient (Wildman–Crippen LogP) is 2.17. The normalized spacial score (nSPS) is 12.6. The van der Waals surface area contributed by atoms with Crippen molar-refractivity contribution in [1.82, 2.24) is 4.90 Å². The third-order valence-electron chi connectivity index (χ3n) is 2.94. The Morgan fingerprint density at radius 1 is 1.39 bits per heavy atom. The highest BCUT2D eigenvalue weighted by atomic mass is 16.5. The van der Waals surface area contributed by atoms with Gasteiger partial charge in [-0.2, -0.15) is 0 Å². The lowest BCUT2D eigenvalue weighted by Crippen LogP contribution is -2.29. The summed E-state index contributed by atoms with van der Waals surface area (Å²) in [4.78, 5) is 12.6. The molecule has 0 bridgehead atoms.